The molecule has 2 rings (SSSR count). The van der Waals surface area contributed by atoms with E-state index >= 15 is 0 Å². The summed E-state index contributed by atoms with van der Waals surface area (Å²) in [5, 5.41) is 4.90. The molecule has 2 aromatic rings. The molecule has 16 heavy (non-hydrogen) atoms. The maximum atomic E-state index is 3.59. The van der Waals surface area contributed by atoms with E-state index in [0.717, 1.165) is 0 Å². The lowest BCUT2D eigenvalue weighted by molar-refractivity contribution is 0.691. The average molecular weight is 216 g/mol. The largest absolute Gasteiger partial charge is 0.381 e. The number of aryl methyl sites for hydroxylation is 1. The Morgan fingerprint density at radius 3 is 2.81 bits per heavy atom. The first-order chi connectivity index (χ1) is 7.72. The summed E-state index contributed by atoms with van der Waals surface area (Å²) in [6, 6.07) is 9.05. The molecule has 0 aliphatic carbocycles. The number of benzene rings is 1. The first-order valence-electron chi connectivity index (χ1n) is 6.03. The van der Waals surface area contributed by atoms with Gasteiger partial charge < -0.3 is 9.88 Å². The molecule has 0 spiro atoms. The summed E-state index contributed by atoms with van der Waals surface area (Å²) in [6.45, 7) is 4.46. The fraction of sp³-hybridized carbons (Fsp3) is 0.429. The maximum Gasteiger partial charge on any atom is 0.0602 e. The van der Waals surface area contributed by atoms with E-state index < -0.39 is 0 Å². The Bertz CT molecular complexity index is 471. The molecule has 0 radical (unpaired) electrons. The Kier molecular flexibility index (Phi) is 3.18. The van der Waals surface area contributed by atoms with Crippen LogP contribution in [0.2, 0.25) is 0 Å². The molecule has 0 bridgehead atoms. The first kappa shape index (κ1) is 11.1. The van der Waals surface area contributed by atoms with Crippen LogP contribution in [-0.2, 0) is 7.05 Å². The van der Waals surface area contributed by atoms with Gasteiger partial charge in [0.2, 0.25) is 0 Å². The van der Waals surface area contributed by atoms with Gasteiger partial charge in [0.05, 0.1) is 5.69 Å². The zero-order chi connectivity index (χ0) is 11.5. The molecule has 0 saturated heterocycles. The minimum atomic E-state index is 0.538. The zero-order valence-electron chi connectivity index (χ0n) is 10.3. The van der Waals surface area contributed by atoms with E-state index in [4.69, 9.17) is 0 Å². The summed E-state index contributed by atoms with van der Waals surface area (Å²) in [4.78, 5) is 0. The van der Waals surface area contributed by atoms with Crippen LogP contribution in [0.4, 0.5) is 5.69 Å². The van der Waals surface area contributed by atoms with Gasteiger partial charge in [0.1, 0.15) is 0 Å². The molecule has 1 unspecified atom stereocenters. The topological polar surface area (TPSA) is 17.0 Å². The number of nitrogens with one attached hydrogen (secondary N) is 1. The molecule has 0 fully saturated rings. The van der Waals surface area contributed by atoms with Crippen molar-refractivity contribution in [2.24, 2.45) is 7.05 Å². The highest BCUT2D eigenvalue weighted by atomic mass is 15.0. The normalized spacial score (nSPS) is 12.9. The number of anilines is 1. The van der Waals surface area contributed by atoms with E-state index in [1.165, 1.54) is 29.4 Å². The molecule has 0 aliphatic heterocycles. The van der Waals surface area contributed by atoms with Crippen LogP contribution in [0.3, 0.4) is 0 Å². The predicted octanol–water partition coefficient (Wildman–Crippen LogP) is 3.78. The standard InChI is InChI=1S/C14H20N2/c1-4-7-11(2)15-13-10-16(3)14-9-6-5-8-12(13)14/h5-6,8-11,15H,4,7H2,1-3H3. The number of nitrogens with zero attached hydrogens (tertiary/aromatic N) is 1. The third-order valence-electron chi connectivity index (χ3n) is 3.02. The van der Waals surface area contributed by atoms with E-state index in [0.29, 0.717) is 6.04 Å². The Morgan fingerprint density at radius 1 is 1.31 bits per heavy atom. The molecule has 0 saturated carbocycles. The second-order valence-electron chi connectivity index (χ2n) is 4.50. The molecule has 86 valence electrons. The molecule has 2 heteroatoms. The van der Waals surface area contributed by atoms with Crippen molar-refractivity contribution in [1.82, 2.24) is 4.57 Å². The van der Waals surface area contributed by atoms with E-state index in [2.05, 4.69) is 61.2 Å². The minimum absolute atomic E-state index is 0.538. The highest BCUT2D eigenvalue weighted by Crippen LogP contribution is 2.25. The molecule has 1 heterocycles. The van der Waals surface area contributed by atoms with Gasteiger partial charge >= 0.3 is 0 Å². The van der Waals surface area contributed by atoms with Crippen molar-refractivity contribution in [3.05, 3.63) is 30.5 Å². The van der Waals surface area contributed by atoms with Crippen molar-refractivity contribution in [2.45, 2.75) is 32.7 Å². The van der Waals surface area contributed by atoms with Crippen LogP contribution >= 0.6 is 0 Å². The van der Waals surface area contributed by atoms with Gasteiger partial charge in [0.15, 0.2) is 0 Å². The lowest BCUT2D eigenvalue weighted by Crippen LogP contribution is -2.14. The average Bonchev–Trinajstić information content (AvgIpc) is 2.57. The fourth-order valence-electron chi connectivity index (χ4n) is 2.23. The van der Waals surface area contributed by atoms with E-state index in [1.54, 1.807) is 0 Å². The molecule has 1 aromatic heterocycles. The van der Waals surface area contributed by atoms with Gasteiger partial charge in [-0.15, -0.1) is 0 Å². The van der Waals surface area contributed by atoms with Crippen molar-refractivity contribution >= 4 is 16.6 Å². The lowest BCUT2D eigenvalue weighted by Gasteiger charge is -2.12. The summed E-state index contributed by atoms with van der Waals surface area (Å²) in [7, 11) is 2.10. The van der Waals surface area contributed by atoms with Crippen molar-refractivity contribution < 1.29 is 0 Å². The molecule has 1 atom stereocenters. The van der Waals surface area contributed by atoms with Crippen molar-refractivity contribution in [1.29, 1.82) is 0 Å². The van der Waals surface area contributed by atoms with Gasteiger partial charge in [-0.3, -0.25) is 0 Å². The summed E-state index contributed by atoms with van der Waals surface area (Å²) in [5.41, 5.74) is 2.53. The van der Waals surface area contributed by atoms with Crippen LogP contribution in [0.1, 0.15) is 26.7 Å². The number of hydrogen-bond donors (Lipinski definition) is 1. The monoisotopic (exact) mass is 216 g/mol. The first-order valence-corrected chi connectivity index (χ1v) is 6.03. The molecule has 1 aromatic carbocycles. The van der Waals surface area contributed by atoms with Gasteiger partial charge in [0, 0.05) is 30.2 Å². The number of hydrogen-bond acceptors (Lipinski definition) is 1. The predicted molar refractivity (Wildman–Crippen MR) is 70.9 cm³/mol. The SMILES string of the molecule is CCCC(C)Nc1cn(C)c2ccccc12. The van der Waals surface area contributed by atoms with E-state index in [9.17, 15) is 0 Å². The highest BCUT2D eigenvalue weighted by molar-refractivity contribution is 5.93. The Labute approximate surface area is 97.3 Å². The van der Waals surface area contributed by atoms with Gasteiger partial charge in [0.25, 0.3) is 0 Å². The number of fused-ring (bicyclic) bond motifs is 1. The minimum Gasteiger partial charge on any atom is -0.381 e. The van der Waals surface area contributed by atoms with Gasteiger partial charge in [-0.1, -0.05) is 31.5 Å². The maximum absolute atomic E-state index is 3.59. The van der Waals surface area contributed by atoms with Crippen molar-refractivity contribution in [3.8, 4) is 0 Å². The molecule has 0 amide bonds. The smallest absolute Gasteiger partial charge is 0.0602 e. The highest BCUT2D eigenvalue weighted by Gasteiger charge is 2.07. The molecule has 0 aliphatic rings. The Morgan fingerprint density at radius 2 is 2.06 bits per heavy atom. The second kappa shape index (κ2) is 4.60. The van der Waals surface area contributed by atoms with E-state index in [1.807, 2.05) is 0 Å². The van der Waals surface area contributed by atoms with Gasteiger partial charge in [-0.05, 0) is 19.4 Å². The Balaban J connectivity index is 2.31. The van der Waals surface area contributed by atoms with Crippen LogP contribution in [0, 0.1) is 0 Å². The van der Waals surface area contributed by atoms with Crippen LogP contribution in [0.15, 0.2) is 30.5 Å². The van der Waals surface area contributed by atoms with Crippen molar-refractivity contribution in [3.63, 3.8) is 0 Å². The van der Waals surface area contributed by atoms with E-state index in [-0.39, 0.29) is 0 Å². The fourth-order valence-corrected chi connectivity index (χ4v) is 2.23. The van der Waals surface area contributed by atoms with Gasteiger partial charge in [-0.25, -0.2) is 0 Å². The molecular weight excluding hydrogens is 196 g/mol. The third kappa shape index (κ3) is 2.06. The second-order valence-corrected chi connectivity index (χ2v) is 4.50. The van der Waals surface area contributed by atoms with Crippen LogP contribution in [-0.4, -0.2) is 10.6 Å². The molecule has 1 N–H and O–H groups in total. The zero-order valence-corrected chi connectivity index (χ0v) is 10.3. The number of rotatable bonds is 4. The van der Waals surface area contributed by atoms with Crippen molar-refractivity contribution in [2.75, 3.05) is 5.32 Å². The van der Waals surface area contributed by atoms with Crippen LogP contribution in [0.5, 0.6) is 0 Å². The Hall–Kier alpha value is -1.44. The quantitative estimate of drug-likeness (QED) is 0.823. The molecular formula is C14H20N2. The van der Waals surface area contributed by atoms with Crippen LogP contribution in [0.25, 0.3) is 10.9 Å². The summed E-state index contributed by atoms with van der Waals surface area (Å²) in [5.74, 6) is 0. The third-order valence-corrected chi connectivity index (χ3v) is 3.02. The lowest BCUT2D eigenvalue weighted by atomic mass is 10.2. The summed E-state index contributed by atoms with van der Waals surface area (Å²) >= 11 is 0. The van der Waals surface area contributed by atoms with Crippen LogP contribution < -0.4 is 5.32 Å². The number of aromatic nitrogens is 1. The summed E-state index contributed by atoms with van der Waals surface area (Å²) < 4.78 is 2.18. The van der Waals surface area contributed by atoms with Gasteiger partial charge in [-0.2, -0.15) is 0 Å². The summed E-state index contributed by atoms with van der Waals surface area (Å²) in [6.07, 6.45) is 4.61. The molecule has 2 nitrogen and oxygen atoms in total. The number of para-hydroxylation sites is 1.